The fraction of sp³-hybridized carbons (Fsp3) is 0.875. The molecule has 6 unspecified atom stereocenters. The predicted molar refractivity (Wildman–Crippen MR) is 117 cm³/mol. The molecule has 0 aromatic rings. The van der Waals surface area contributed by atoms with Gasteiger partial charge in [-0.25, -0.2) is 4.39 Å². The summed E-state index contributed by atoms with van der Waals surface area (Å²) in [6.45, 7) is 6.27. The molecule has 8 atom stereocenters. The number of hydrogen-bond donors (Lipinski definition) is 1. The second-order valence-corrected chi connectivity index (χ2v) is 11.0. The highest BCUT2D eigenvalue weighted by Crippen LogP contribution is 2.65. The lowest BCUT2D eigenvalue weighted by atomic mass is 9.45. The quantitative estimate of drug-likeness (QED) is 0.686. The first-order valence-electron chi connectivity index (χ1n) is 12.1. The van der Waals surface area contributed by atoms with E-state index in [4.69, 9.17) is 9.68 Å². The van der Waals surface area contributed by atoms with E-state index >= 15 is 0 Å². The minimum Gasteiger partial charge on any atom is -0.399 e. The smallest absolute Gasteiger partial charge is 0.173 e. The Morgan fingerprint density at radius 2 is 1.97 bits per heavy atom. The Hall–Kier alpha value is -1.50. The molecule has 5 fully saturated rings. The van der Waals surface area contributed by atoms with E-state index in [0.717, 1.165) is 69.5 Å². The van der Waals surface area contributed by atoms with Crippen LogP contribution in [-0.4, -0.2) is 49.7 Å². The van der Waals surface area contributed by atoms with Gasteiger partial charge in [-0.1, -0.05) is 24.2 Å². The molecule has 0 spiro atoms. The molecule has 4 aliphatic carbocycles. The summed E-state index contributed by atoms with van der Waals surface area (Å²) in [5, 5.41) is 12.4. The van der Waals surface area contributed by atoms with Crippen molar-refractivity contribution in [3.8, 4) is 0 Å². The van der Waals surface area contributed by atoms with Crippen LogP contribution in [-0.2, 0) is 14.5 Å². The van der Waals surface area contributed by atoms with Crippen molar-refractivity contribution in [1.82, 2.24) is 5.32 Å². The molecule has 0 aromatic heterocycles. The van der Waals surface area contributed by atoms with Gasteiger partial charge in [0, 0.05) is 24.3 Å². The molecule has 1 heterocycles. The fourth-order valence-corrected chi connectivity index (χ4v) is 7.79. The fourth-order valence-electron chi connectivity index (χ4n) is 7.79. The number of oxime groups is 2. The zero-order valence-corrected chi connectivity index (χ0v) is 19.0. The van der Waals surface area contributed by atoms with Crippen LogP contribution in [0.2, 0.25) is 0 Å². The number of carbonyl (C=O) groups excluding carboxylic acids is 1. The molecule has 1 aliphatic heterocycles. The molecule has 6 nitrogen and oxygen atoms in total. The van der Waals surface area contributed by atoms with E-state index in [1.807, 2.05) is 6.92 Å². The third-order valence-corrected chi connectivity index (χ3v) is 9.57. The first-order chi connectivity index (χ1) is 14.9. The highest BCUT2D eigenvalue weighted by molar-refractivity contribution is 5.96. The van der Waals surface area contributed by atoms with E-state index in [9.17, 15) is 9.18 Å². The van der Waals surface area contributed by atoms with E-state index in [1.54, 1.807) is 7.11 Å². The number of halogens is 1. The van der Waals surface area contributed by atoms with Crippen LogP contribution >= 0.6 is 0 Å². The van der Waals surface area contributed by atoms with Crippen molar-refractivity contribution in [2.24, 2.45) is 44.8 Å². The molecular weight excluding hydrogens is 397 g/mol. The Labute approximate surface area is 184 Å². The van der Waals surface area contributed by atoms with Gasteiger partial charge in [-0.05, 0) is 74.7 Å². The van der Waals surface area contributed by atoms with Gasteiger partial charge in [0.15, 0.2) is 12.0 Å². The van der Waals surface area contributed by atoms with E-state index in [2.05, 4.69) is 22.6 Å². The van der Waals surface area contributed by atoms with Gasteiger partial charge in [0.05, 0.1) is 11.4 Å². The van der Waals surface area contributed by atoms with E-state index < -0.39 is 11.6 Å². The molecule has 0 aromatic carbocycles. The van der Waals surface area contributed by atoms with Gasteiger partial charge in [0.2, 0.25) is 0 Å². The number of Topliss-reactive ketones (excluding diaryl/α,β-unsaturated/α-hetero) is 1. The average Bonchev–Trinajstić information content (AvgIpc) is 3.35. The topological polar surface area (TPSA) is 72.3 Å². The molecule has 7 heteroatoms. The Kier molecular flexibility index (Phi) is 5.39. The van der Waals surface area contributed by atoms with Gasteiger partial charge in [-0.15, -0.1) is 0 Å². The molecule has 172 valence electrons. The second kappa shape index (κ2) is 7.82. The molecule has 0 radical (unpaired) electrons. The van der Waals surface area contributed by atoms with Crippen molar-refractivity contribution in [2.45, 2.75) is 77.5 Å². The van der Waals surface area contributed by atoms with Crippen LogP contribution in [0.4, 0.5) is 4.39 Å². The van der Waals surface area contributed by atoms with Gasteiger partial charge in [-0.2, -0.15) is 0 Å². The van der Waals surface area contributed by atoms with Crippen LogP contribution in [0.5, 0.6) is 0 Å². The molecule has 1 N–H and O–H groups in total. The van der Waals surface area contributed by atoms with Gasteiger partial charge in [-0.3, -0.25) is 4.79 Å². The Balaban J connectivity index is 1.41. The van der Waals surface area contributed by atoms with Crippen molar-refractivity contribution in [3.05, 3.63) is 0 Å². The standard InChI is InChI=1S/C24H36FN3O3/c1-23-7-4-14(27-31-15-6-9-26-13-15)10-19(23)21(28-30-3)11-16-17(23)5-8-24(2)18(16)12-20(25)22(24)29/h15-20,26H,4-13H2,1-3H3/b27-14?,28-21+/t15?,16?,17?,18?,19?,20?,23-,24+/m1/s1. The second-order valence-electron chi connectivity index (χ2n) is 11.0. The Morgan fingerprint density at radius 3 is 2.71 bits per heavy atom. The first-order valence-corrected chi connectivity index (χ1v) is 12.1. The number of nitrogens with zero attached hydrogens (tertiary/aromatic N) is 2. The third-order valence-electron chi connectivity index (χ3n) is 9.57. The van der Waals surface area contributed by atoms with Gasteiger partial charge in [0.1, 0.15) is 13.2 Å². The van der Waals surface area contributed by atoms with Gasteiger partial charge in [0.25, 0.3) is 0 Å². The minimum atomic E-state index is -1.30. The summed E-state index contributed by atoms with van der Waals surface area (Å²) in [7, 11) is 1.60. The molecular formula is C24H36FN3O3. The molecule has 5 aliphatic rings. The van der Waals surface area contributed by atoms with Gasteiger partial charge < -0.3 is 15.0 Å². The zero-order chi connectivity index (χ0) is 21.8. The lowest BCUT2D eigenvalue weighted by Gasteiger charge is -2.59. The summed E-state index contributed by atoms with van der Waals surface area (Å²) in [5.74, 6) is 1.02. The largest absolute Gasteiger partial charge is 0.399 e. The van der Waals surface area contributed by atoms with Gasteiger partial charge >= 0.3 is 0 Å². The maximum atomic E-state index is 14.5. The highest BCUT2D eigenvalue weighted by Gasteiger charge is 2.63. The molecule has 4 saturated carbocycles. The molecule has 0 bridgehead atoms. The predicted octanol–water partition coefficient (Wildman–Crippen LogP) is 3.89. The highest BCUT2D eigenvalue weighted by atomic mass is 19.1. The number of fused-ring (bicyclic) bond motifs is 5. The normalized spacial score (nSPS) is 49.6. The van der Waals surface area contributed by atoms with E-state index in [1.165, 1.54) is 0 Å². The Bertz CT molecular complexity index is 795. The Morgan fingerprint density at radius 1 is 1.13 bits per heavy atom. The first kappa shape index (κ1) is 21.4. The maximum Gasteiger partial charge on any atom is 0.173 e. The number of ketones is 1. The van der Waals surface area contributed by atoms with Crippen molar-refractivity contribution in [2.75, 3.05) is 20.2 Å². The monoisotopic (exact) mass is 433 g/mol. The number of nitrogens with one attached hydrogen (secondary N) is 1. The summed E-state index contributed by atoms with van der Waals surface area (Å²) < 4.78 is 14.5. The van der Waals surface area contributed by atoms with Crippen LogP contribution in [0.1, 0.15) is 65.2 Å². The maximum absolute atomic E-state index is 14.5. The SMILES string of the molecule is CO/N=C1\CC2C(CC[C@]3(C)C(=O)C(F)CC23)[C@@]2(C)CCC(=NOC3CCNC3)CC12. The zero-order valence-electron chi connectivity index (χ0n) is 19.0. The van der Waals surface area contributed by atoms with Crippen molar-refractivity contribution >= 4 is 17.2 Å². The minimum absolute atomic E-state index is 0.0764. The summed E-state index contributed by atoms with van der Waals surface area (Å²) in [4.78, 5) is 23.8. The lowest BCUT2D eigenvalue weighted by Crippen LogP contribution is -2.56. The van der Waals surface area contributed by atoms with E-state index in [-0.39, 0.29) is 29.1 Å². The number of carbonyl (C=O) groups is 1. The summed E-state index contributed by atoms with van der Waals surface area (Å²) in [6.07, 6.45) is 5.71. The molecule has 5 rings (SSSR count). The average molecular weight is 434 g/mol. The van der Waals surface area contributed by atoms with Crippen LogP contribution in [0.15, 0.2) is 10.3 Å². The summed E-state index contributed by atoms with van der Waals surface area (Å²) in [6, 6.07) is 0. The molecule has 1 saturated heterocycles. The van der Waals surface area contributed by atoms with Crippen molar-refractivity contribution in [1.29, 1.82) is 0 Å². The number of rotatable bonds is 3. The lowest BCUT2D eigenvalue weighted by molar-refractivity contribution is -0.135. The van der Waals surface area contributed by atoms with Crippen LogP contribution in [0.3, 0.4) is 0 Å². The number of alkyl halides is 1. The van der Waals surface area contributed by atoms with Crippen LogP contribution in [0.25, 0.3) is 0 Å². The third kappa shape index (κ3) is 3.33. The summed E-state index contributed by atoms with van der Waals surface area (Å²) in [5.41, 5.74) is 1.76. The van der Waals surface area contributed by atoms with Crippen molar-refractivity contribution in [3.63, 3.8) is 0 Å². The molecule has 31 heavy (non-hydrogen) atoms. The number of hydrogen-bond acceptors (Lipinski definition) is 6. The molecule has 0 amide bonds. The van der Waals surface area contributed by atoms with Crippen LogP contribution in [0, 0.1) is 34.5 Å². The van der Waals surface area contributed by atoms with E-state index in [0.29, 0.717) is 18.3 Å². The van der Waals surface area contributed by atoms with Crippen molar-refractivity contribution < 1.29 is 18.9 Å². The summed E-state index contributed by atoms with van der Waals surface area (Å²) >= 11 is 0. The van der Waals surface area contributed by atoms with Crippen LogP contribution < -0.4 is 5.32 Å².